The molecule has 0 N–H and O–H groups in total. The predicted octanol–water partition coefficient (Wildman–Crippen LogP) is 3.27. The number of hydrogen-bond acceptors (Lipinski definition) is 5. The third-order valence-electron chi connectivity index (χ3n) is 5.14. The summed E-state index contributed by atoms with van der Waals surface area (Å²) in [5.74, 6) is 0.304. The molecule has 30 heavy (non-hydrogen) atoms. The van der Waals surface area contributed by atoms with Crippen molar-refractivity contribution in [2.45, 2.75) is 6.04 Å². The predicted molar refractivity (Wildman–Crippen MR) is 111 cm³/mol. The van der Waals surface area contributed by atoms with E-state index in [0.717, 1.165) is 11.3 Å². The molecule has 1 unspecified atom stereocenters. The van der Waals surface area contributed by atoms with Crippen LogP contribution in [0.5, 0.6) is 11.5 Å². The van der Waals surface area contributed by atoms with Gasteiger partial charge in [-0.15, -0.1) is 0 Å². The SMILES string of the molecule is COc1ccc(C(C#N)N2CCN(C(=O)/C=C/c3ccc(OC)c(F)c3)CC2)cc1. The maximum Gasteiger partial charge on any atom is 0.246 e. The monoisotopic (exact) mass is 409 g/mol. The summed E-state index contributed by atoms with van der Waals surface area (Å²) in [6.07, 6.45) is 3.04. The molecule has 0 bridgehead atoms. The maximum absolute atomic E-state index is 13.8. The molecule has 0 aliphatic carbocycles. The molecule has 3 rings (SSSR count). The lowest BCUT2D eigenvalue weighted by atomic mass is 10.1. The Balaban J connectivity index is 1.58. The van der Waals surface area contributed by atoms with E-state index >= 15 is 0 Å². The molecule has 0 spiro atoms. The molecule has 1 saturated heterocycles. The molecule has 156 valence electrons. The van der Waals surface area contributed by atoms with Crippen LogP contribution in [-0.4, -0.2) is 56.1 Å². The summed E-state index contributed by atoms with van der Waals surface area (Å²) in [4.78, 5) is 16.3. The number of rotatable bonds is 6. The molecule has 2 aromatic carbocycles. The summed E-state index contributed by atoms with van der Waals surface area (Å²) in [7, 11) is 3.01. The molecule has 7 heteroatoms. The van der Waals surface area contributed by atoms with Gasteiger partial charge in [-0.2, -0.15) is 5.26 Å². The highest BCUT2D eigenvalue weighted by molar-refractivity contribution is 5.91. The van der Waals surface area contributed by atoms with Crippen molar-refractivity contribution in [1.82, 2.24) is 9.80 Å². The first-order valence-corrected chi connectivity index (χ1v) is 9.64. The number of nitrogens with zero attached hydrogens (tertiary/aromatic N) is 3. The van der Waals surface area contributed by atoms with E-state index in [1.807, 2.05) is 24.3 Å². The normalized spacial score (nSPS) is 15.6. The summed E-state index contributed by atoms with van der Waals surface area (Å²) >= 11 is 0. The Morgan fingerprint density at radius 1 is 1.10 bits per heavy atom. The third kappa shape index (κ3) is 4.97. The molecule has 1 amide bonds. The number of ether oxygens (including phenoxy) is 2. The van der Waals surface area contributed by atoms with Crippen LogP contribution in [0, 0.1) is 17.1 Å². The first kappa shape index (κ1) is 21.3. The van der Waals surface area contributed by atoms with Crippen LogP contribution < -0.4 is 9.47 Å². The van der Waals surface area contributed by atoms with E-state index in [4.69, 9.17) is 9.47 Å². The summed E-state index contributed by atoms with van der Waals surface area (Å²) < 4.78 is 23.8. The molecule has 0 radical (unpaired) electrons. The van der Waals surface area contributed by atoms with E-state index in [0.29, 0.717) is 31.7 Å². The fourth-order valence-electron chi connectivity index (χ4n) is 3.41. The van der Waals surface area contributed by atoms with Crippen LogP contribution in [0.3, 0.4) is 0 Å². The standard InChI is InChI=1S/C23H24FN3O3/c1-29-19-7-5-18(6-8-19)21(16-25)26-11-13-27(14-12-26)23(28)10-4-17-3-9-22(30-2)20(24)15-17/h3-10,15,21H,11-14H2,1-2H3/b10-4+. The van der Waals surface area contributed by atoms with Crippen molar-refractivity contribution in [2.75, 3.05) is 40.4 Å². The third-order valence-corrected chi connectivity index (χ3v) is 5.14. The summed E-state index contributed by atoms with van der Waals surface area (Å²) in [6, 6.07) is 14.0. The van der Waals surface area contributed by atoms with E-state index in [-0.39, 0.29) is 17.7 Å². The van der Waals surface area contributed by atoms with E-state index in [9.17, 15) is 14.4 Å². The number of piperazine rings is 1. The van der Waals surface area contributed by atoms with Gasteiger partial charge in [-0.25, -0.2) is 4.39 Å². The zero-order valence-electron chi connectivity index (χ0n) is 17.0. The zero-order valence-corrected chi connectivity index (χ0v) is 17.0. The number of carbonyl (C=O) groups is 1. The average molecular weight is 409 g/mol. The van der Waals surface area contributed by atoms with Crippen LogP contribution in [0.15, 0.2) is 48.5 Å². The van der Waals surface area contributed by atoms with Crippen LogP contribution >= 0.6 is 0 Å². The van der Waals surface area contributed by atoms with Crippen LogP contribution in [0.2, 0.25) is 0 Å². The molecule has 0 saturated carbocycles. The highest BCUT2D eigenvalue weighted by Crippen LogP contribution is 2.24. The van der Waals surface area contributed by atoms with Crippen LogP contribution in [-0.2, 0) is 4.79 Å². The second kappa shape index (κ2) is 9.90. The van der Waals surface area contributed by atoms with Crippen molar-refractivity contribution in [3.8, 4) is 17.6 Å². The molecule has 2 aromatic rings. The largest absolute Gasteiger partial charge is 0.497 e. The minimum atomic E-state index is -0.471. The van der Waals surface area contributed by atoms with E-state index in [1.54, 1.807) is 24.2 Å². The molecule has 1 fully saturated rings. The first-order chi connectivity index (χ1) is 14.5. The van der Waals surface area contributed by atoms with Gasteiger partial charge in [-0.1, -0.05) is 18.2 Å². The topological polar surface area (TPSA) is 65.8 Å². The summed E-state index contributed by atoms with van der Waals surface area (Å²) in [5.41, 5.74) is 1.49. The maximum atomic E-state index is 13.8. The number of nitriles is 1. The van der Waals surface area contributed by atoms with Crippen molar-refractivity contribution in [1.29, 1.82) is 5.26 Å². The van der Waals surface area contributed by atoms with Gasteiger partial charge in [0, 0.05) is 32.3 Å². The Kier molecular flexibility index (Phi) is 7.04. The average Bonchev–Trinajstić information content (AvgIpc) is 2.79. The molecule has 1 heterocycles. The Morgan fingerprint density at radius 3 is 2.37 bits per heavy atom. The second-order valence-corrected chi connectivity index (χ2v) is 6.89. The van der Waals surface area contributed by atoms with Crippen molar-refractivity contribution < 1.29 is 18.7 Å². The lowest BCUT2D eigenvalue weighted by Crippen LogP contribution is -2.49. The lowest BCUT2D eigenvalue weighted by Gasteiger charge is -2.36. The van der Waals surface area contributed by atoms with Crippen molar-refractivity contribution in [2.24, 2.45) is 0 Å². The fraction of sp³-hybridized carbons (Fsp3) is 0.304. The van der Waals surface area contributed by atoms with Gasteiger partial charge in [0.25, 0.3) is 0 Å². The number of hydrogen-bond donors (Lipinski definition) is 0. The van der Waals surface area contributed by atoms with Crippen LogP contribution in [0.1, 0.15) is 17.2 Å². The summed E-state index contributed by atoms with van der Waals surface area (Å²) in [6.45, 7) is 2.24. The van der Waals surface area contributed by atoms with E-state index < -0.39 is 5.82 Å². The fourth-order valence-corrected chi connectivity index (χ4v) is 3.41. The van der Waals surface area contributed by atoms with Gasteiger partial charge in [0.1, 0.15) is 11.8 Å². The summed E-state index contributed by atoms with van der Waals surface area (Å²) in [5, 5.41) is 9.65. The number of methoxy groups -OCH3 is 2. The first-order valence-electron chi connectivity index (χ1n) is 9.64. The molecule has 6 nitrogen and oxygen atoms in total. The Hall–Kier alpha value is -3.37. The quantitative estimate of drug-likeness (QED) is 0.685. The van der Waals surface area contributed by atoms with Gasteiger partial charge in [0.15, 0.2) is 11.6 Å². The molecule has 0 aromatic heterocycles. The van der Waals surface area contributed by atoms with Gasteiger partial charge in [0.2, 0.25) is 5.91 Å². The number of amides is 1. The highest BCUT2D eigenvalue weighted by atomic mass is 19.1. The molecular weight excluding hydrogens is 385 g/mol. The Labute approximate surface area is 175 Å². The van der Waals surface area contributed by atoms with Gasteiger partial charge in [0.05, 0.1) is 20.3 Å². The van der Waals surface area contributed by atoms with E-state index in [1.165, 1.54) is 25.3 Å². The number of carbonyl (C=O) groups excluding carboxylic acids is 1. The van der Waals surface area contributed by atoms with Gasteiger partial charge < -0.3 is 14.4 Å². The number of halogens is 1. The highest BCUT2D eigenvalue weighted by Gasteiger charge is 2.26. The van der Waals surface area contributed by atoms with Gasteiger partial charge in [-0.05, 0) is 41.5 Å². The molecule has 1 aliphatic heterocycles. The second-order valence-electron chi connectivity index (χ2n) is 6.89. The molecular formula is C23H24FN3O3. The van der Waals surface area contributed by atoms with Gasteiger partial charge in [-0.3, -0.25) is 9.69 Å². The van der Waals surface area contributed by atoms with Crippen LogP contribution in [0.4, 0.5) is 4.39 Å². The van der Waals surface area contributed by atoms with Crippen molar-refractivity contribution >= 4 is 12.0 Å². The zero-order chi connectivity index (χ0) is 21.5. The van der Waals surface area contributed by atoms with Crippen molar-refractivity contribution in [3.05, 3.63) is 65.5 Å². The van der Waals surface area contributed by atoms with Crippen LogP contribution in [0.25, 0.3) is 6.08 Å². The Bertz CT molecular complexity index is 945. The Morgan fingerprint density at radius 2 is 1.80 bits per heavy atom. The molecule has 1 atom stereocenters. The minimum Gasteiger partial charge on any atom is -0.497 e. The minimum absolute atomic E-state index is 0.135. The van der Waals surface area contributed by atoms with Crippen molar-refractivity contribution in [3.63, 3.8) is 0 Å². The van der Waals surface area contributed by atoms with Gasteiger partial charge >= 0.3 is 0 Å². The smallest absolute Gasteiger partial charge is 0.246 e. The number of benzene rings is 2. The van der Waals surface area contributed by atoms with E-state index in [2.05, 4.69) is 11.0 Å². The lowest BCUT2D eigenvalue weighted by molar-refractivity contribution is -0.127. The molecule has 1 aliphatic rings.